The van der Waals surface area contributed by atoms with Gasteiger partial charge in [-0.1, -0.05) is 30.3 Å². The molecule has 0 spiro atoms. The molecular formula is C13H21N3. The molecule has 1 heterocycles. The van der Waals surface area contributed by atoms with Crippen LogP contribution in [0.4, 0.5) is 0 Å². The van der Waals surface area contributed by atoms with E-state index in [1.165, 1.54) is 37.9 Å². The number of piperidine rings is 1. The molecule has 0 radical (unpaired) electrons. The second-order valence-electron chi connectivity index (χ2n) is 4.61. The second-order valence-corrected chi connectivity index (χ2v) is 4.61. The Labute approximate surface area is 97.6 Å². The van der Waals surface area contributed by atoms with E-state index in [9.17, 15) is 0 Å². The van der Waals surface area contributed by atoms with E-state index in [1.807, 2.05) is 0 Å². The maximum absolute atomic E-state index is 5.33. The average Bonchev–Trinajstić information content (AvgIpc) is 2.33. The van der Waals surface area contributed by atoms with E-state index in [0.717, 1.165) is 12.6 Å². The van der Waals surface area contributed by atoms with Gasteiger partial charge in [-0.15, -0.1) is 0 Å². The van der Waals surface area contributed by atoms with Crippen LogP contribution in [-0.2, 0) is 6.42 Å². The van der Waals surface area contributed by atoms with Crippen molar-refractivity contribution in [1.82, 2.24) is 10.3 Å². The van der Waals surface area contributed by atoms with Crippen molar-refractivity contribution in [2.75, 3.05) is 19.8 Å². The normalized spacial score (nSPS) is 18.8. The topological polar surface area (TPSA) is 41.3 Å². The van der Waals surface area contributed by atoms with Crippen molar-refractivity contribution in [3.63, 3.8) is 0 Å². The first-order valence-corrected chi connectivity index (χ1v) is 6.08. The van der Waals surface area contributed by atoms with E-state index in [-0.39, 0.29) is 0 Å². The van der Waals surface area contributed by atoms with Crippen LogP contribution >= 0.6 is 0 Å². The molecule has 16 heavy (non-hydrogen) atoms. The van der Waals surface area contributed by atoms with Crippen molar-refractivity contribution in [2.24, 2.45) is 11.8 Å². The number of hydrazine groups is 1. The minimum Gasteiger partial charge on any atom is -0.290 e. The van der Waals surface area contributed by atoms with Crippen LogP contribution in [0.1, 0.15) is 18.4 Å². The number of rotatable bonds is 4. The Morgan fingerprint density at radius 3 is 2.50 bits per heavy atom. The Hall–Kier alpha value is -0.900. The van der Waals surface area contributed by atoms with E-state index in [4.69, 9.17) is 5.84 Å². The fourth-order valence-electron chi connectivity index (χ4n) is 2.43. The number of hydrogen-bond donors (Lipinski definition) is 2. The Bertz CT molecular complexity index is 291. The van der Waals surface area contributed by atoms with Crippen LogP contribution in [-0.4, -0.2) is 24.7 Å². The average molecular weight is 219 g/mol. The number of nitrogens with two attached hydrogens (primary N) is 1. The third-order valence-electron chi connectivity index (χ3n) is 3.39. The molecule has 0 aliphatic carbocycles. The van der Waals surface area contributed by atoms with Gasteiger partial charge >= 0.3 is 0 Å². The summed E-state index contributed by atoms with van der Waals surface area (Å²) in [5, 5.41) is 0. The monoisotopic (exact) mass is 219 g/mol. The van der Waals surface area contributed by atoms with Crippen LogP contribution in [0, 0.1) is 5.92 Å². The maximum atomic E-state index is 5.33. The van der Waals surface area contributed by atoms with Crippen LogP contribution in [0.2, 0.25) is 0 Å². The number of hydrogen-bond acceptors (Lipinski definition) is 3. The van der Waals surface area contributed by atoms with Crippen molar-refractivity contribution in [2.45, 2.75) is 19.3 Å². The highest BCUT2D eigenvalue weighted by Crippen LogP contribution is 2.20. The van der Waals surface area contributed by atoms with E-state index in [1.54, 1.807) is 0 Å². The van der Waals surface area contributed by atoms with Gasteiger partial charge in [-0.25, -0.2) is 5.43 Å². The summed E-state index contributed by atoms with van der Waals surface area (Å²) in [6.45, 7) is 3.15. The molecule has 0 unspecified atom stereocenters. The van der Waals surface area contributed by atoms with E-state index >= 15 is 0 Å². The van der Waals surface area contributed by atoms with Crippen LogP contribution in [0.25, 0.3) is 0 Å². The Morgan fingerprint density at radius 2 is 1.88 bits per heavy atom. The fraction of sp³-hybridized carbons (Fsp3) is 0.538. The summed E-state index contributed by atoms with van der Waals surface area (Å²) in [5.74, 6) is 6.17. The molecule has 0 saturated carbocycles. The van der Waals surface area contributed by atoms with Gasteiger partial charge in [0.15, 0.2) is 0 Å². The highest BCUT2D eigenvalue weighted by atomic mass is 15.3. The molecular weight excluding hydrogens is 198 g/mol. The molecule has 1 aliphatic rings. The number of nitrogens with one attached hydrogen (secondary N) is 1. The van der Waals surface area contributed by atoms with Gasteiger partial charge in [0.05, 0.1) is 6.67 Å². The molecule has 3 heteroatoms. The van der Waals surface area contributed by atoms with Gasteiger partial charge in [-0.3, -0.25) is 10.7 Å². The van der Waals surface area contributed by atoms with Crippen LogP contribution < -0.4 is 11.3 Å². The molecule has 0 atom stereocenters. The Balaban J connectivity index is 1.77. The standard InChI is InChI=1S/C13H21N3/c14-15-11-16-8-6-13(7-9-16)10-12-4-2-1-3-5-12/h1-5,13,15H,6-11,14H2. The summed E-state index contributed by atoms with van der Waals surface area (Å²) >= 11 is 0. The van der Waals surface area contributed by atoms with E-state index in [0.29, 0.717) is 0 Å². The molecule has 0 amide bonds. The van der Waals surface area contributed by atoms with Gasteiger partial charge in [0.1, 0.15) is 0 Å². The van der Waals surface area contributed by atoms with E-state index < -0.39 is 0 Å². The highest BCUT2D eigenvalue weighted by Gasteiger charge is 2.18. The zero-order chi connectivity index (χ0) is 11.2. The van der Waals surface area contributed by atoms with Gasteiger partial charge in [0.25, 0.3) is 0 Å². The Kier molecular flexibility index (Phi) is 4.34. The quantitative estimate of drug-likeness (QED) is 0.593. The highest BCUT2D eigenvalue weighted by molar-refractivity contribution is 5.15. The van der Waals surface area contributed by atoms with Gasteiger partial charge in [0.2, 0.25) is 0 Å². The third-order valence-corrected chi connectivity index (χ3v) is 3.39. The molecule has 1 aromatic rings. The molecule has 1 saturated heterocycles. The minimum absolute atomic E-state index is 0.818. The predicted octanol–water partition coefficient (Wildman–Crippen LogP) is 1.36. The fourth-order valence-corrected chi connectivity index (χ4v) is 2.43. The summed E-state index contributed by atoms with van der Waals surface area (Å²) < 4.78 is 0. The van der Waals surface area contributed by atoms with Gasteiger partial charge < -0.3 is 0 Å². The molecule has 3 N–H and O–H groups in total. The van der Waals surface area contributed by atoms with Crippen molar-refractivity contribution in [3.8, 4) is 0 Å². The van der Waals surface area contributed by atoms with Crippen LogP contribution in [0.3, 0.4) is 0 Å². The summed E-state index contributed by atoms with van der Waals surface area (Å²) in [7, 11) is 0. The minimum atomic E-state index is 0.818. The first-order valence-electron chi connectivity index (χ1n) is 6.08. The predicted molar refractivity (Wildman–Crippen MR) is 66.6 cm³/mol. The lowest BCUT2D eigenvalue weighted by molar-refractivity contribution is 0.173. The zero-order valence-corrected chi connectivity index (χ0v) is 9.73. The number of likely N-dealkylation sites (tertiary alicyclic amines) is 1. The number of benzene rings is 1. The lowest BCUT2D eigenvalue weighted by atomic mass is 9.90. The van der Waals surface area contributed by atoms with Gasteiger partial charge in [-0.05, 0) is 43.8 Å². The Morgan fingerprint density at radius 1 is 1.19 bits per heavy atom. The number of nitrogens with zero attached hydrogens (tertiary/aromatic N) is 1. The van der Waals surface area contributed by atoms with Crippen molar-refractivity contribution in [3.05, 3.63) is 35.9 Å². The first-order chi connectivity index (χ1) is 7.88. The van der Waals surface area contributed by atoms with Crippen molar-refractivity contribution < 1.29 is 0 Å². The largest absolute Gasteiger partial charge is 0.290 e. The van der Waals surface area contributed by atoms with Gasteiger partial charge in [-0.2, -0.15) is 0 Å². The lowest BCUT2D eigenvalue weighted by Gasteiger charge is -2.31. The smallest absolute Gasteiger partial charge is 0.0612 e. The molecule has 2 rings (SSSR count). The summed E-state index contributed by atoms with van der Waals surface area (Å²) in [4.78, 5) is 2.38. The van der Waals surface area contributed by atoms with E-state index in [2.05, 4.69) is 40.7 Å². The summed E-state index contributed by atoms with van der Waals surface area (Å²) in [6, 6.07) is 10.8. The van der Waals surface area contributed by atoms with Crippen molar-refractivity contribution >= 4 is 0 Å². The summed E-state index contributed by atoms with van der Waals surface area (Å²) in [5.41, 5.74) is 4.20. The van der Waals surface area contributed by atoms with Gasteiger partial charge in [0, 0.05) is 0 Å². The van der Waals surface area contributed by atoms with Crippen LogP contribution in [0.15, 0.2) is 30.3 Å². The molecule has 0 aromatic heterocycles. The summed E-state index contributed by atoms with van der Waals surface area (Å²) in [6.07, 6.45) is 3.80. The lowest BCUT2D eigenvalue weighted by Crippen LogP contribution is -2.42. The SMILES string of the molecule is NNCN1CCC(Cc2ccccc2)CC1. The first kappa shape index (κ1) is 11.6. The third kappa shape index (κ3) is 3.30. The van der Waals surface area contributed by atoms with Crippen LogP contribution in [0.5, 0.6) is 0 Å². The molecule has 88 valence electrons. The molecule has 1 aliphatic heterocycles. The van der Waals surface area contributed by atoms with Crippen molar-refractivity contribution in [1.29, 1.82) is 0 Å². The second kappa shape index (κ2) is 5.99. The zero-order valence-electron chi connectivity index (χ0n) is 9.73. The maximum Gasteiger partial charge on any atom is 0.0612 e. The molecule has 0 bridgehead atoms. The molecule has 3 nitrogen and oxygen atoms in total. The molecule has 1 aromatic carbocycles. The molecule has 1 fully saturated rings.